The van der Waals surface area contributed by atoms with Crippen molar-refractivity contribution in [2.24, 2.45) is 5.92 Å². The number of carbonyl (C=O) groups excluding carboxylic acids is 1. The van der Waals surface area contributed by atoms with Crippen LogP contribution in [0, 0.1) is 5.92 Å². The van der Waals surface area contributed by atoms with Crippen LogP contribution in [0.4, 0.5) is 5.69 Å². The fourth-order valence-corrected chi connectivity index (χ4v) is 6.65. The molecule has 1 aliphatic carbocycles. The van der Waals surface area contributed by atoms with Crippen molar-refractivity contribution < 1.29 is 27.3 Å². The molecule has 0 aromatic carbocycles. The van der Waals surface area contributed by atoms with Crippen LogP contribution in [0.2, 0.25) is 0 Å². The standard InChI is InChI=1S/C30H41N8O6P/c1-20-8-10-22(11-9-20)38-17-24(26(36-38)23-15-31-12-13-32-23)34-27(39)25-18-41-28(35-25)21-14-33-37(16-21)19-42-45(40,43-29(2,3)4)44-30(5,6)7/h12-18,20,22H,8-11,19H2,1-7H3,(H,34,39)/t20-,22-. The average molecular weight is 641 g/mol. The Morgan fingerprint density at radius 3 is 2.40 bits per heavy atom. The van der Waals surface area contributed by atoms with Crippen molar-refractivity contribution in [1.82, 2.24) is 34.5 Å². The van der Waals surface area contributed by atoms with Crippen LogP contribution in [0.25, 0.3) is 22.8 Å². The molecule has 1 amide bonds. The monoisotopic (exact) mass is 640 g/mol. The van der Waals surface area contributed by atoms with Gasteiger partial charge in [-0.15, -0.1) is 0 Å². The van der Waals surface area contributed by atoms with Gasteiger partial charge >= 0.3 is 7.82 Å². The molecule has 242 valence electrons. The quantitative estimate of drug-likeness (QED) is 0.179. The van der Waals surface area contributed by atoms with Gasteiger partial charge in [0.15, 0.2) is 12.4 Å². The molecule has 4 aromatic heterocycles. The van der Waals surface area contributed by atoms with Crippen molar-refractivity contribution in [1.29, 1.82) is 0 Å². The lowest BCUT2D eigenvalue weighted by Crippen LogP contribution is -2.25. The van der Waals surface area contributed by atoms with Crippen molar-refractivity contribution in [3.63, 3.8) is 0 Å². The molecule has 0 saturated heterocycles. The van der Waals surface area contributed by atoms with Crippen LogP contribution in [0.15, 0.2) is 47.9 Å². The lowest BCUT2D eigenvalue weighted by Gasteiger charge is -2.30. The lowest BCUT2D eigenvalue weighted by atomic mass is 9.87. The van der Waals surface area contributed by atoms with Gasteiger partial charge in [0.05, 0.1) is 40.9 Å². The van der Waals surface area contributed by atoms with Crippen LogP contribution < -0.4 is 5.32 Å². The van der Waals surface area contributed by atoms with Gasteiger partial charge in [-0.25, -0.2) is 14.2 Å². The maximum atomic E-state index is 13.3. The Labute approximate surface area is 262 Å². The number of phosphoric ester groups is 1. The number of nitrogens with one attached hydrogen (secondary N) is 1. The zero-order valence-corrected chi connectivity index (χ0v) is 27.7. The van der Waals surface area contributed by atoms with Gasteiger partial charge in [0.2, 0.25) is 5.89 Å². The second-order valence-electron chi connectivity index (χ2n) is 13.2. The summed E-state index contributed by atoms with van der Waals surface area (Å²) < 4.78 is 39.2. The molecule has 1 aliphatic rings. The number of hydrogen-bond donors (Lipinski definition) is 1. The number of hydrogen-bond acceptors (Lipinski definition) is 11. The van der Waals surface area contributed by atoms with Gasteiger partial charge < -0.3 is 9.73 Å². The Kier molecular flexibility index (Phi) is 9.41. The molecule has 5 rings (SSSR count). The highest BCUT2D eigenvalue weighted by molar-refractivity contribution is 7.48. The van der Waals surface area contributed by atoms with Gasteiger partial charge in [-0.3, -0.25) is 33.0 Å². The van der Waals surface area contributed by atoms with E-state index in [0.717, 1.165) is 25.7 Å². The van der Waals surface area contributed by atoms with Gasteiger partial charge in [-0.1, -0.05) is 6.92 Å². The zero-order chi connectivity index (χ0) is 32.4. The summed E-state index contributed by atoms with van der Waals surface area (Å²) in [6.07, 6.45) is 15.3. The van der Waals surface area contributed by atoms with Crippen LogP contribution in [0.3, 0.4) is 0 Å². The molecule has 1 N–H and O–H groups in total. The second-order valence-corrected chi connectivity index (χ2v) is 14.8. The summed E-state index contributed by atoms with van der Waals surface area (Å²) in [4.78, 5) is 26.2. The molecule has 0 aliphatic heterocycles. The number of carbonyl (C=O) groups is 1. The molecule has 14 nitrogen and oxygen atoms in total. The fourth-order valence-electron chi connectivity index (χ4n) is 4.90. The highest BCUT2D eigenvalue weighted by atomic mass is 31.2. The largest absolute Gasteiger partial charge is 0.477 e. The number of nitrogens with zero attached hydrogens (tertiary/aromatic N) is 7. The predicted molar refractivity (Wildman–Crippen MR) is 166 cm³/mol. The van der Waals surface area contributed by atoms with Crippen molar-refractivity contribution in [3.8, 4) is 22.8 Å². The minimum absolute atomic E-state index is 0.0694. The first kappa shape index (κ1) is 32.7. The minimum atomic E-state index is -3.94. The highest BCUT2D eigenvalue weighted by Gasteiger charge is 2.37. The van der Waals surface area contributed by atoms with Crippen LogP contribution in [-0.2, 0) is 24.9 Å². The van der Waals surface area contributed by atoms with E-state index in [1.54, 1.807) is 66.3 Å². The third kappa shape index (κ3) is 8.72. The summed E-state index contributed by atoms with van der Waals surface area (Å²) in [6.45, 7) is 12.6. The number of anilines is 1. The van der Waals surface area contributed by atoms with E-state index in [0.29, 0.717) is 28.6 Å². The van der Waals surface area contributed by atoms with Crippen molar-refractivity contribution in [2.45, 2.75) is 98.1 Å². The van der Waals surface area contributed by atoms with E-state index in [1.165, 1.54) is 17.1 Å². The average Bonchev–Trinajstić information content (AvgIpc) is 3.71. The molecule has 4 heterocycles. The van der Waals surface area contributed by atoms with Crippen molar-refractivity contribution >= 4 is 19.4 Å². The van der Waals surface area contributed by atoms with Gasteiger partial charge in [0, 0.05) is 24.8 Å². The third-order valence-electron chi connectivity index (χ3n) is 6.88. The first-order valence-corrected chi connectivity index (χ1v) is 16.4. The normalized spacial score (nSPS) is 17.8. The summed E-state index contributed by atoms with van der Waals surface area (Å²) in [5.74, 6) is 0.401. The molecule has 4 aromatic rings. The third-order valence-corrected chi connectivity index (χ3v) is 8.86. The number of oxazole rings is 1. The second kappa shape index (κ2) is 13.0. The van der Waals surface area contributed by atoms with Crippen LogP contribution in [0.5, 0.6) is 0 Å². The van der Waals surface area contributed by atoms with E-state index in [2.05, 4.69) is 32.3 Å². The Bertz CT molecular complexity index is 1620. The van der Waals surface area contributed by atoms with E-state index >= 15 is 0 Å². The minimum Gasteiger partial charge on any atom is -0.444 e. The molecule has 0 bridgehead atoms. The van der Waals surface area contributed by atoms with Crippen LogP contribution in [0.1, 0.15) is 90.7 Å². The molecule has 0 unspecified atom stereocenters. The summed E-state index contributed by atoms with van der Waals surface area (Å²) in [5, 5.41) is 12.0. The Morgan fingerprint density at radius 2 is 1.76 bits per heavy atom. The van der Waals surface area contributed by atoms with E-state index < -0.39 is 24.9 Å². The number of phosphoric acid groups is 1. The van der Waals surface area contributed by atoms with Crippen molar-refractivity contribution in [3.05, 3.63) is 49.1 Å². The van der Waals surface area contributed by atoms with E-state index in [9.17, 15) is 9.36 Å². The molecule has 1 saturated carbocycles. The molecule has 0 spiro atoms. The first-order chi connectivity index (χ1) is 21.2. The van der Waals surface area contributed by atoms with Gasteiger partial charge in [0.25, 0.3) is 5.91 Å². The first-order valence-electron chi connectivity index (χ1n) is 15.0. The molecule has 1 fully saturated rings. The lowest BCUT2D eigenvalue weighted by molar-refractivity contribution is -0.00758. The fraction of sp³-hybridized carbons (Fsp3) is 0.533. The molecule has 15 heteroatoms. The van der Waals surface area contributed by atoms with Crippen LogP contribution >= 0.6 is 7.82 Å². The van der Waals surface area contributed by atoms with E-state index in [4.69, 9.17) is 23.1 Å². The van der Waals surface area contributed by atoms with Crippen molar-refractivity contribution in [2.75, 3.05) is 5.32 Å². The highest BCUT2D eigenvalue weighted by Crippen LogP contribution is 2.55. The Hall–Kier alpha value is -3.71. The van der Waals surface area contributed by atoms with Crippen LogP contribution in [-0.4, -0.2) is 51.6 Å². The number of aromatic nitrogens is 7. The predicted octanol–water partition coefficient (Wildman–Crippen LogP) is 6.91. The van der Waals surface area contributed by atoms with Gasteiger partial charge in [0.1, 0.15) is 17.7 Å². The maximum Gasteiger partial charge on any atom is 0.477 e. The van der Waals surface area contributed by atoms with Gasteiger partial charge in [-0.05, 0) is 73.1 Å². The Balaban J connectivity index is 1.29. The summed E-state index contributed by atoms with van der Waals surface area (Å²) in [7, 11) is -3.94. The number of rotatable bonds is 10. The van der Waals surface area contributed by atoms with Gasteiger partial charge in [-0.2, -0.15) is 10.2 Å². The SMILES string of the molecule is CC(C)(C)OP(=O)(OCn1cc(-c2nc(C(=O)Nc3cn([C@H]4CC[C@H](C)CC4)nc3-c3cnccn3)co2)cn1)OC(C)(C)C. The molecule has 45 heavy (non-hydrogen) atoms. The van der Waals surface area contributed by atoms with E-state index in [1.807, 2.05) is 10.9 Å². The topological polar surface area (TPSA) is 161 Å². The maximum absolute atomic E-state index is 13.3. The summed E-state index contributed by atoms with van der Waals surface area (Å²) >= 11 is 0. The molecule has 0 atom stereocenters. The smallest absolute Gasteiger partial charge is 0.444 e. The zero-order valence-electron chi connectivity index (χ0n) is 26.8. The summed E-state index contributed by atoms with van der Waals surface area (Å²) in [6, 6.07) is 0.246. The molecule has 0 radical (unpaired) electrons. The van der Waals surface area contributed by atoms with E-state index in [-0.39, 0.29) is 24.4 Å². The summed E-state index contributed by atoms with van der Waals surface area (Å²) in [5.41, 5.74) is 0.606. The number of amides is 1. The molecular weight excluding hydrogens is 599 g/mol. The molecular formula is C30H41N8O6P. The Morgan fingerprint density at radius 1 is 1.04 bits per heavy atom.